The molecule has 0 unspecified atom stereocenters. The normalized spacial score (nSPS) is 9.31. The lowest BCUT2D eigenvalue weighted by Crippen LogP contribution is -2.27. The number of carbonyl (C=O) groups is 1. The average molecular weight is 186 g/mol. The van der Waals surface area contributed by atoms with Crippen molar-refractivity contribution in [2.45, 2.75) is 12.8 Å². The molecule has 0 radical (unpaired) electrons. The summed E-state index contributed by atoms with van der Waals surface area (Å²) in [5.74, 6) is 0.0768. The largest absolute Gasteiger partial charge is 0.502 e. The Kier molecular flexibility index (Phi) is 8.34. The fourth-order valence-electron chi connectivity index (χ4n) is 0.794. The van der Waals surface area contributed by atoms with Crippen LogP contribution in [0.3, 0.4) is 0 Å². The van der Waals surface area contributed by atoms with E-state index in [0.717, 1.165) is 13.0 Å². The quantitative estimate of drug-likeness (QED) is 0.422. The second-order valence-corrected chi connectivity index (χ2v) is 2.59. The van der Waals surface area contributed by atoms with Crippen LogP contribution in [0.4, 0.5) is 0 Å². The first kappa shape index (κ1) is 12.0. The number of hydrogen-bond donors (Lipinski definition) is 2. The molecule has 76 valence electrons. The predicted molar refractivity (Wildman–Crippen MR) is 52.3 cm³/mol. The van der Waals surface area contributed by atoms with E-state index >= 15 is 0 Å². The summed E-state index contributed by atoms with van der Waals surface area (Å²) in [6.45, 7) is 5.40. The maximum Gasteiger partial charge on any atom is 0.221 e. The van der Waals surface area contributed by atoms with Gasteiger partial charge in [-0.3, -0.25) is 4.79 Å². The molecule has 0 rings (SSSR count). The maximum atomic E-state index is 11.0. The van der Waals surface area contributed by atoms with Gasteiger partial charge in [-0.05, 0) is 13.5 Å². The van der Waals surface area contributed by atoms with Gasteiger partial charge in [0.05, 0.1) is 12.9 Å². The molecule has 0 aliphatic rings. The van der Waals surface area contributed by atoms with Crippen molar-refractivity contribution in [3.8, 4) is 0 Å². The Hall–Kier alpha value is -1.03. The van der Waals surface area contributed by atoms with Crippen LogP contribution in [0.5, 0.6) is 0 Å². The molecule has 0 saturated heterocycles. The monoisotopic (exact) mass is 186 g/mol. The SMILES string of the molecule is C=COCCCNC(=O)CCNC. The zero-order valence-electron chi connectivity index (χ0n) is 8.14. The molecule has 0 bridgehead atoms. The zero-order chi connectivity index (χ0) is 9.94. The number of rotatable bonds is 8. The molecule has 2 N–H and O–H groups in total. The number of carbonyl (C=O) groups excluding carboxylic acids is 1. The minimum atomic E-state index is 0.0768. The lowest BCUT2D eigenvalue weighted by Gasteiger charge is -2.04. The Bertz CT molecular complexity index is 149. The third kappa shape index (κ3) is 8.88. The van der Waals surface area contributed by atoms with Gasteiger partial charge in [-0.25, -0.2) is 0 Å². The van der Waals surface area contributed by atoms with Gasteiger partial charge in [0.15, 0.2) is 0 Å². The molecule has 0 aromatic carbocycles. The second-order valence-electron chi connectivity index (χ2n) is 2.59. The molecule has 13 heavy (non-hydrogen) atoms. The van der Waals surface area contributed by atoms with E-state index < -0.39 is 0 Å². The highest BCUT2D eigenvalue weighted by atomic mass is 16.5. The number of amides is 1. The highest BCUT2D eigenvalue weighted by Crippen LogP contribution is 1.82. The molecule has 0 aromatic rings. The van der Waals surface area contributed by atoms with Gasteiger partial charge in [-0.2, -0.15) is 0 Å². The Balaban J connectivity index is 3.12. The van der Waals surface area contributed by atoms with Crippen LogP contribution in [0.15, 0.2) is 12.8 Å². The van der Waals surface area contributed by atoms with Crippen molar-refractivity contribution in [1.29, 1.82) is 0 Å². The predicted octanol–water partition coefficient (Wildman–Crippen LogP) is 0.262. The first-order chi connectivity index (χ1) is 6.31. The summed E-state index contributed by atoms with van der Waals surface area (Å²) in [4.78, 5) is 11.0. The minimum absolute atomic E-state index is 0.0768. The van der Waals surface area contributed by atoms with Crippen molar-refractivity contribution in [2.75, 3.05) is 26.7 Å². The third-order valence-corrected chi connectivity index (χ3v) is 1.48. The van der Waals surface area contributed by atoms with Crippen molar-refractivity contribution in [2.24, 2.45) is 0 Å². The van der Waals surface area contributed by atoms with Crippen LogP contribution in [0.1, 0.15) is 12.8 Å². The van der Waals surface area contributed by atoms with Gasteiger partial charge in [0.1, 0.15) is 0 Å². The molecular weight excluding hydrogens is 168 g/mol. The second kappa shape index (κ2) is 9.06. The highest BCUT2D eigenvalue weighted by molar-refractivity contribution is 5.75. The van der Waals surface area contributed by atoms with E-state index in [1.54, 1.807) is 0 Å². The minimum Gasteiger partial charge on any atom is -0.502 e. The van der Waals surface area contributed by atoms with E-state index in [0.29, 0.717) is 19.6 Å². The summed E-state index contributed by atoms with van der Waals surface area (Å²) in [5, 5.41) is 5.69. The number of nitrogens with one attached hydrogen (secondary N) is 2. The van der Waals surface area contributed by atoms with E-state index in [2.05, 4.69) is 17.2 Å². The van der Waals surface area contributed by atoms with Gasteiger partial charge in [-0.1, -0.05) is 6.58 Å². The van der Waals surface area contributed by atoms with E-state index in [1.165, 1.54) is 6.26 Å². The number of hydrogen-bond acceptors (Lipinski definition) is 3. The van der Waals surface area contributed by atoms with Gasteiger partial charge in [-0.15, -0.1) is 0 Å². The molecule has 1 amide bonds. The Morgan fingerprint density at radius 3 is 2.92 bits per heavy atom. The Labute approximate surface area is 79.3 Å². The third-order valence-electron chi connectivity index (χ3n) is 1.48. The molecule has 0 aliphatic carbocycles. The summed E-state index contributed by atoms with van der Waals surface area (Å²) < 4.78 is 4.90. The van der Waals surface area contributed by atoms with Crippen LogP contribution in [0, 0.1) is 0 Å². The smallest absolute Gasteiger partial charge is 0.221 e. The van der Waals surface area contributed by atoms with Gasteiger partial charge in [0.2, 0.25) is 5.91 Å². The summed E-state index contributed by atoms with van der Waals surface area (Å²) in [6, 6.07) is 0. The molecule has 0 fully saturated rings. The van der Waals surface area contributed by atoms with Crippen molar-refractivity contribution in [3.63, 3.8) is 0 Å². The molecule has 0 heterocycles. The van der Waals surface area contributed by atoms with Crippen molar-refractivity contribution in [1.82, 2.24) is 10.6 Å². The van der Waals surface area contributed by atoms with Crippen molar-refractivity contribution in [3.05, 3.63) is 12.8 Å². The van der Waals surface area contributed by atoms with E-state index in [4.69, 9.17) is 4.74 Å². The van der Waals surface area contributed by atoms with E-state index in [1.807, 2.05) is 7.05 Å². The van der Waals surface area contributed by atoms with Gasteiger partial charge in [0, 0.05) is 19.5 Å². The highest BCUT2D eigenvalue weighted by Gasteiger charge is 1.97. The Morgan fingerprint density at radius 2 is 2.31 bits per heavy atom. The topological polar surface area (TPSA) is 50.4 Å². The van der Waals surface area contributed by atoms with Crippen LogP contribution >= 0.6 is 0 Å². The molecule has 4 nitrogen and oxygen atoms in total. The van der Waals surface area contributed by atoms with Crippen LogP contribution in [-0.2, 0) is 9.53 Å². The fourth-order valence-corrected chi connectivity index (χ4v) is 0.794. The van der Waals surface area contributed by atoms with Gasteiger partial charge in [0.25, 0.3) is 0 Å². The molecule has 0 spiro atoms. The van der Waals surface area contributed by atoms with Gasteiger partial charge >= 0.3 is 0 Å². The van der Waals surface area contributed by atoms with E-state index in [9.17, 15) is 4.79 Å². The summed E-state index contributed by atoms with van der Waals surface area (Å²) in [6.07, 6.45) is 2.75. The standard InChI is InChI=1S/C9H18N2O2/c1-3-13-8-4-6-11-9(12)5-7-10-2/h3,10H,1,4-8H2,2H3,(H,11,12). The van der Waals surface area contributed by atoms with Crippen LogP contribution in [-0.4, -0.2) is 32.7 Å². The van der Waals surface area contributed by atoms with Crippen molar-refractivity contribution < 1.29 is 9.53 Å². The van der Waals surface area contributed by atoms with Crippen LogP contribution < -0.4 is 10.6 Å². The fraction of sp³-hybridized carbons (Fsp3) is 0.667. The zero-order valence-corrected chi connectivity index (χ0v) is 8.14. The van der Waals surface area contributed by atoms with Gasteiger partial charge < -0.3 is 15.4 Å². The molecule has 0 aromatic heterocycles. The van der Waals surface area contributed by atoms with Crippen molar-refractivity contribution >= 4 is 5.91 Å². The Morgan fingerprint density at radius 1 is 1.54 bits per heavy atom. The molecule has 4 heteroatoms. The lowest BCUT2D eigenvalue weighted by molar-refractivity contribution is -0.121. The van der Waals surface area contributed by atoms with E-state index in [-0.39, 0.29) is 5.91 Å². The van der Waals surface area contributed by atoms with Crippen LogP contribution in [0.2, 0.25) is 0 Å². The average Bonchev–Trinajstić information content (AvgIpc) is 2.14. The molecule has 0 aliphatic heterocycles. The summed E-state index contributed by atoms with van der Waals surface area (Å²) in [7, 11) is 1.82. The first-order valence-electron chi connectivity index (χ1n) is 4.45. The molecule has 0 atom stereocenters. The maximum absolute atomic E-state index is 11.0. The van der Waals surface area contributed by atoms with Crippen LogP contribution in [0.25, 0.3) is 0 Å². The number of ether oxygens (including phenoxy) is 1. The summed E-state index contributed by atoms with van der Waals surface area (Å²) >= 11 is 0. The first-order valence-corrected chi connectivity index (χ1v) is 4.45. The lowest BCUT2D eigenvalue weighted by atomic mass is 10.3. The molecular formula is C9H18N2O2. The molecule has 0 saturated carbocycles. The summed E-state index contributed by atoms with van der Waals surface area (Å²) in [5.41, 5.74) is 0.